The van der Waals surface area contributed by atoms with Crippen LogP contribution in [-0.2, 0) is 14.6 Å². The van der Waals surface area contributed by atoms with E-state index in [9.17, 15) is 13.2 Å². The molecule has 1 rings (SSSR count). The maximum atomic E-state index is 11.9. The fraction of sp³-hybridized carbons (Fsp3) is 0.417. The second-order valence-corrected chi connectivity index (χ2v) is 5.88. The third kappa shape index (κ3) is 2.92. The van der Waals surface area contributed by atoms with E-state index >= 15 is 0 Å². The Labute approximate surface area is 96.4 Å². The zero-order valence-electron chi connectivity index (χ0n) is 9.78. The van der Waals surface area contributed by atoms with Crippen LogP contribution >= 0.6 is 0 Å². The Balaban J connectivity index is 3.13. The standard InChI is InChI=1S/C12H16O3S/c1-4-11(13)8-16(14,15)12-6-5-9(2)7-10(12)3/h5-7H,4,8H2,1-3H3. The van der Waals surface area contributed by atoms with Crippen molar-refractivity contribution in [1.29, 1.82) is 0 Å². The van der Waals surface area contributed by atoms with Gasteiger partial charge in [-0.3, -0.25) is 4.79 Å². The topological polar surface area (TPSA) is 51.2 Å². The number of carbonyl (C=O) groups excluding carboxylic acids is 1. The molecular formula is C12H16O3S. The van der Waals surface area contributed by atoms with Gasteiger partial charge in [0.15, 0.2) is 9.84 Å². The molecule has 3 nitrogen and oxygen atoms in total. The van der Waals surface area contributed by atoms with Crippen molar-refractivity contribution < 1.29 is 13.2 Å². The molecule has 0 aliphatic carbocycles. The minimum Gasteiger partial charge on any atom is -0.299 e. The SMILES string of the molecule is CCC(=O)CS(=O)(=O)c1ccc(C)cc1C. The Kier molecular flexibility index (Phi) is 3.86. The van der Waals surface area contributed by atoms with Gasteiger partial charge < -0.3 is 0 Å². The highest BCUT2D eigenvalue weighted by Crippen LogP contribution is 2.18. The summed E-state index contributed by atoms with van der Waals surface area (Å²) >= 11 is 0. The van der Waals surface area contributed by atoms with Crippen molar-refractivity contribution in [3.8, 4) is 0 Å². The van der Waals surface area contributed by atoms with Crippen molar-refractivity contribution >= 4 is 15.6 Å². The van der Waals surface area contributed by atoms with Crippen molar-refractivity contribution in [3.05, 3.63) is 29.3 Å². The lowest BCUT2D eigenvalue weighted by atomic mass is 10.2. The zero-order valence-corrected chi connectivity index (χ0v) is 10.6. The number of sulfone groups is 1. The summed E-state index contributed by atoms with van der Waals surface area (Å²) in [7, 11) is -3.47. The van der Waals surface area contributed by atoms with Crippen LogP contribution in [0.4, 0.5) is 0 Å². The quantitative estimate of drug-likeness (QED) is 0.809. The molecule has 0 aliphatic heterocycles. The molecule has 0 unspecified atom stereocenters. The summed E-state index contributed by atoms with van der Waals surface area (Å²) in [6, 6.07) is 5.13. The molecule has 0 bridgehead atoms. The lowest BCUT2D eigenvalue weighted by Gasteiger charge is -2.07. The number of ketones is 1. The van der Waals surface area contributed by atoms with Gasteiger partial charge in [0.05, 0.1) is 4.90 Å². The van der Waals surface area contributed by atoms with Crippen molar-refractivity contribution in [3.63, 3.8) is 0 Å². The average molecular weight is 240 g/mol. The van der Waals surface area contributed by atoms with E-state index in [1.807, 2.05) is 13.0 Å². The Morgan fingerprint density at radius 3 is 2.38 bits per heavy atom. The molecular weight excluding hydrogens is 224 g/mol. The van der Waals surface area contributed by atoms with E-state index in [0.29, 0.717) is 5.56 Å². The molecule has 0 aliphatic rings. The van der Waals surface area contributed by atoms with Crippen LogP contribution in [0.3, 0.4) is 0 Å². The predicted molar refractivity (Wildman–Crippen MR) is 63.3 cm³/mol. The molecule has 0 amide bonds. The second kappa shape index (κ2) is 4.78. The summed E-state index contributed by atoms with van der Waals surface area (Å²) in [4.78, 5) is 11.5. The Morgan fingerprint density at radius 1 is 1.25 bits per heavy atom. The largest absolute Gasteiger partial charge is 0.299 e. The van der Waals surface area contributed by atoms with Crippen molar-refractivity contribution in [2.75, 3.05) is 5.75 Å². The molecule has 16 heavy (non-hydrogen) atoms. The van der Waals surface area contributed by atoms with Crippen molar-refractivity contribution in [2.24, 2.45) is 0 Å². The van der Waals surface area contributed by atoms with Crippen LogP contribution < -0.4 is 0 Å². The lowest BCUT2D eigenvalue weighted by Crippen LogP contribution is -2.16. The molecule has 0 saturated carbocycles. The van der Waals surface area contributed by atoms with Gasteiger partial charge in [0, 0.05) is 6.42 Å². The van der Waals surface area contributed by atoms with Gasteiger partial charge in [0.2, 0.25) is 0 Å². The van der Waals surface area contributed by atoms with Crippen LogP contribution in [0.15, 0.2) is 23.1 Å². The number of hydrogen-bond donors (Lipinski definition) is 0. The summed E-state index contributed by atoms with van der Waals surface area (Å²) in [5, 5.41) is 0. The molecule has 4 heteroatoms. The van der Waals surface area contributed by atoms with E-state index in [4.69, 9.17) is 0 Å². The van der Waals surface area contributed by atoms with Crippen LogP contribution in [0, 0.1) is 13.8 Å². The van der Waals surface area contributed by atoms with Crippen LogP contribution in [-0.4, -0.2) is 20.0 Å². The van der Waals surface area contributed by atoms with Gasteiger partial charge in [-0.05, 0) is 25.5 Å². The number of rotatable bonds is 4. The smallest absolute Gasteiger partial charge is 0.185 e. The van der Waals surface area contributed by atoms with E-state index in [1.54, 1.807) is 26.0 Å². The minimum atomic E-state index is -3.47. The highest BCUT2D eigenvalue weighted by molar-refractivity contribution is 7.92. The molecule has 0 atom stereocenters. The van der Waals surface area contributed by atoms with Crippen molar-refractivity contribution in [2.45, 2.75) is 32.1 Å². The molecule has 0 heterocycles. The molecule has 0 spiro atoms. The summed E-state index contributed by atoms with van der Waals surface area (Å²) in [6.07, 6.45) is 0.254. The number of hydrogen-bond acceptors (Lipinski definition) is 3. The second-order valence-electron chi connectivity index (χ2n) is 3.92. The van der Waals surface area contributed by atoms with Gasteiger partial charge in [0.25, 0.3) is 0 Å². The van der Waals surface area contributed by atoms with E-state index in [1.165, 1.54) is 0 Å². The van der Waals surface area contributed by atoms with Crippen molar-refractivity contribution in [1.82, 2.24) is 0 Å². The fourth-order valence-corrected chi connectivity index (χ4v) is 3.15. The zero-order chi connectivity index (χ0) is 12.3. The Bertz CT molecular complexity index is 501. The van der Waals surface area contributed by atoms with Gasteiger partial charge >= 0.3 is 0 Å². The third-order valence-corrected chi connectivity index (χ3v) is 4.24. The average Bonchev–Trinajstić information content (AvgIpc) is 2.16. The molecule has 0 saturated heterocycles. The first-order chi connectivity index (χ1) is 7.36. The van der Waals surface area contributed by atoms with Crippen LogP contribution in [0.5, 0.6) is 0 Å². The molecule has 1 aromatic carbocycles. The van der Waals surface area contributed by atoms with Gasteiger partial charge in [-0.15, -0.1) is 0 Å². The highest BCUT2D eigenvalue weighted by Gasteiger charge is 2.19. The first-order valence-electron chi connectivity index (χ1n) is 5.18. The molecule has 1 aromatic rings. The number of aryl methyl sites for hydroxylation is 2. The normalized spacial score (nSPS) is 11.4. The summed E-state index contributed by atoms with van der Waals surface area (Å²) in [5.74, 6) is -0.645. The number of benzene rings is 1. The van der Waals surface area contributed by atoms with Gasteiger partial charge in [-0.1, -0.05) is 24.6 Å². The van der Waals surface area contributed by atoms with E-state index < -0.39 is 15.6 Å². The van der Waals surface area contributed by atoms with Crippen LogP contribution in [0.25, 0.3) is 0 Å². The molecule has 88 valence electrons. The molecule has 0 aromatic heterocycles. The number of Topliss-reactive ketones (excluding diaryl/α,β-unsaturated/α-hetero) is 1. The maximum Gasteiger partial charge on any atom is 0.185 e. The lowest BCUT2D eigenvalue weighted by molar-refractivity contribution is -0.116. The Morgan fingerprint density at radius 2 is 1.88 bits per heavy atom. The van der Waals surface area contributed by atoms with E-state index in [0.717, 1.165) is 5.56 Å². The maximum absolute atomic E-state index is 11.9. The first-order valence-corrected chi connectivity index (χ1v) is 6.83. The van der Waals surface area contributed by atoms with Crippen LogP contribution in [0.1, 0.15) is 24.5 Å². The minimum absolute atomic E-state index is 0.250. The molecule has 0 fully saturated rings. The number of carbonyl (C=O) groups is 1. The van der Waals surface area contributed by atoms with Gasteiger partial charge in [-0.25, -0.2) is 8.42 Å². The monoisotopic (exact) mass is 240 g/mol. The van der Waals surface area contributed by atoms with Gasteiger partial charge in [-0.2, -0.15) is 0 Å². The summed E-state index contributed by atoms with van der Waals surface area (Å²) in [6.45, 7) is 5.32. The first kappa shape index (κ1) is 12.9. The predicted octanol–water partition coefficient (Wildman–Crippen LogP) is 2.06. The van der Waals surface area contributed by atoms with E-state index in [2.05, 4.69) is 0 Å². The van der Waals surface area contributed by atoms with Gasteiger partial charge in [0.1, 0.15) is 11.5 Å². The molecule has 0 radical (unpaired) electrons. The molecule has 0 N–H and O–H groups in total. The summed E-state index contributed by atoms with van der Waals surface area (Å²) < 4.78 is 23.8. The Hall–Kier alpha value is -1.16. The fourth-order valence-electron chi connectivity index (χ4n) is 1.54. The summed E-state index contributed by atoms with van der Waals surface area (Å²) in [5.41, 5.74) is 1.71. The van der Waals surface area contributed by atoms with Crippen LogP contribution in [0.2, 0.25) is 0 Å². The van der Waals surface area contributed by atoms with E-state index in [-0.39, 0.29) is 17.1 Å². The highest BCUT2D eigenvalue weighted by atomic mass is 32.2. The third-order valence-electron chi connectivity index (χ3n) is 2.41.